The summed E-state index contributed by atoms with van der Waals surface area (Å²) in [6.07, 6.45) is 3.78. The first-order chi connectivity index (χ1) is 8.61. The first-order valence-electron chi connectivity index (χ1n) is 6.06. The summed E-state index contributed by atoms with van der Waals surface area (Å²) in [7, 11) is 2.08. The minimum atomic E-state index is -0.436. The average Bonchev–Trinajstić information content (AvgIpc) is 2.25. The second-order valence-electron chi connectivity index (χ2n) is 4.75. The van der Waals surface area contributed by atoms with Gasteiger partial charge in [0, 0.05) is 18.7 Å². The van der Waals surface area contributed by atoms with Gasteiger partial charge in [-0.25, -0.2) is 0 Å². The number of hydrogen-bond acceptors (Lipinski definition) is 5. The van der Waals surface area contributed by atoms with Crippen LogP contribution in [0.2, 0.25) is 0 Å². The average molecular weight is 250 g/mol. The zero-order valence-corrected chi connectivity index (χ0v) is 10.4. The Morgan fingerprint density at radius 2 is 2.28 bits per heavy atom. The molecule has 0 bridgehead atoms. The highest BCUT2D eigenvalue weighted by atomic mass is 16.6. The minimum Gasteiger partial charge on any atom is -0.318 e. The summed E-state index contributed by atoms with van der Waals surface area (Å²) in [4.78, 5) is 12.6. The molecule has 0 atom stereocenters. The fourth-order valence-electron chi connectivity index (χ4n) is 2.20. The molecule has 2 rings (SSSR count). The Balaban J connectivity index is 2.11. The van der Waals surface area contributed by atoms with E-state index < -0.39 is 4.92 Å². The molecule has 18 heavy (non-hydrogen) atoms. The summed E-state index contributed by atoms with van der Waals surface area (Å²) in [5.74, 6) is 5.32. The maximum Gasteiger partial charge on any atom is 0.293 e. The summed E-state index contributed by atoms with van der Waals surface area (Å²) in [6, 6.07) is 5.68. The number of anilines is 1. The van der Waals surface area contributed by atoms with Crippen molar-refractivity contribution >= 4 is 11.4 Å². The van der Waals surface area contributed by atoms with E-state index >= 15 is 0 Å². The third-order valence-electron chi connectivity index (χ3n) is 3.54. The summed E-state index contributed by atoms with van der Waals surface area (Å²) in [6.45, 7) is 0.789. The first kappa shape index (κ1) is 12.8. The van der Waals surface area contributed by atoms with Crippen molar-refractivity contribution in [2.45, 2.75) is 31.8 Å². The largest absolute Gasteiger partial charge is 0.318 e. The van der Waals surface area contributed by atoms with Gasteiger partial charge in [-0.15, -0.1) is 0 Å². The van der Waals surface area contributed by atoms with E-state index in [0.29, 0.717) is 11.7 Å². The van der Waals surface area contributed by atoms with Crippen molar-refractivity contribution in [2.24, 2.45) is 5.84 Å². The topological polar surface area (TPSA) is 84.4 Å². The standard InChI is InChI=1S/C12H18N4O2/c1-15(10-3-2-4-10)8-9-5-6-12(16(17)18)11(7-9)14-13/h5-7,10,14H,2-4,8,13H2,1H3. The summed E-state index contributed by atoms with van der Waals surface area (Å²) in [5, 5.41) is 10.8. The van der Waals surface area contributed by atoms with Crippen molar-refractivity contribution in [1.82, 2.24) is 4.90 Å². The van der Waals surface area contributed by atoms with Crippen molar-refractivity contribution in [3.05, 3.63) is 33.9 Å². The van der Waals surface area contributed by atoms with Gasteiger partial charge in [0.1, 0.15) is 5.69 Å². The highest BCUT2D eigenvalue weighted by Crippen LogP contribution is 2.28. The third-order valence-corrected chi connectivity index (χ3v) is 3.54. The van der Waals surface area contributed by atoms with E-state index in [4.69, 9.17) is 5.84 Å². The maximum atomic E-state index is 10.8. The number of nitrogens with two attached hydrogens (primary N) is 1. The number of rotatable bonds is 5. The van der Waals surface area contributed by atoms with E-state index in [1.807, 2.05) is 0 Å². The summed E-state index contributed by atoms with van der Waals surface area (Å²) in [5.41, 5.74) is 3.79. The fourth-order valence-corrected chi connectivity index (χ4v) is 2.20. The molecule has 0 aliphatic heterocycles. The Kier molecular flexibility index (Phi) is 3.78. The smallest absolute Gasteiger partial charge is 0.293 e. The van der Waals surface area contributed by atoms with Gasteiger partial charge in [-0.05, 0) is 31.5 Å². The van der Waals surface area contributed by atoms with Gasteiger partial charge >= 0.3 is 0 Å². The van der Waals surface area contributed by atoms with Crippen molar-refractivity contribution in [3.8, 4) is 0 Å². The van der Waals surface area contributed by atoms with Crippen molar-refractivity contribution < 1.29 is 4.92 Å². The van der Waals surface area contributed by atoms with Crippen LogP contribution in [-0.4, -0.2) is 22.9 Å². The number of nitrogens with zero attached hydrogens (tertiary/aromatic N) is 2. The van der Waals surface area contributed by atoms with Crippen LogP contribution in [0, 0.1) is 10.1 Å². The Hall–Kier alpha value is -1.66. The lowest BCUT2D eigenvalue weighted by molar-refractivity contribution is -0.384. The molecule has 3 N–H and O–H groups in total. The zero-order chi connectivity index (χ0) is 13.1. The van der Waals surface area contributed by atoms with E-state index in [1.165, 1.54) is 25.3 Å². The molecular weight excluding hydrogens is 232 g/mol. The van der Waals surface area contributed by atoms with Crippen LogP contribution in [-0.2, 0) is 6.54 Å². The molecule has 6 nitrogen and oxygen atoms in total. The Bertz CT molecular complexity index is 446. The molecule has 1 aromatic rings. The monoisotopic (exact) mass is 250 g/mol. The molecule has 0 heterocycles. The van der Waals surface area contributed by atoms with Crippen molar-refractivity contribution in [2.75, 3.05) is 12.5 Å². The maximum absolute atomic E-state index is 10.8. The number of nitrogen functional groups attached to an aromatic ring is 1. The van der Waals surface area contributed by atoms with Gasteiger partial charge in [-0.2, -0.15) is 0 Å². The molecule has 1 aliphatic rings. The van der Waals surface area contributed by atoms with Gasteiger partial charge in [0.2, 0.25) is 0 Å². The molecule has 0 saturated heterocycles. The SMILES string of the molecule is CN(Cc1ccc([N+](=O)[O-])c(NN)c1)C1CCC1. The van der Waals surface area contributed by atoms with E-state index in [2.05, 4.69) is 17.4 Å². The quantitative estimate of drug-likeness (QED) is 0.473. The zero-order valence-electron chi connectivity index (χ0n) is 10.4. The predicted octanol–water partition coefficient (Wildman–Crippen LogP) is 1.86. The molecule has 1 aromatic carbocycles. The molecule has 1 fully saturated rings. The third kappa shape index (κ3) is 2.60. The normalized spacial score (nSPS) is 15.5. The van der Waals surface area contributed by atoms with Crippen LogP contribution in [0.5, 0.6) is 0 Å². The lowest BCUT2D eigenvalue weighted by Crippen LogP contribution is -2.36. The molecule has 1 aliphatic carbocycles. The molecule has 98 valence electrons. The van der Waals surface area contributed by atoms with Crippen LogP contribution in [0.3, 0.4) is 0 Å². The Morgan fingerprint density at radius 1 is 1.56 bits per heavy atom. The number of nitro groups is 1. The van der Waals surface area contributed by atoms with E-state index in [1.54, 1.807) is 12.1 Å². The van der Waals surface area contributed by atoms with Crippen LogP contribution >= 0.6 is 0 Å². The van der Waals surface area contributed by atoms with Crippen LogP contribution in [0.25, 0.3) is 0 Å². The number of hydrogen-bond donors (Lipinski definition) is 2. The van der Waals surface area contributed by atoms with E-state index in [0.717, 1.165) is 12.1 Å². The number of nitrogens with one attached hydrogen (secondary N) is 1. The van der Waals surface area contributed by atoms with Gasteiger partial charge in [0.15, 0.2) is 0 Å². The molecule has 0 amide bonds. The molecule has 0 spiro atoms. The van der Waals surface area contributed by atoms with Gasteiger partial charge < -0.3 is 5.43 Å². The highest BCUT2D eigenvalue weighted by molar-refractivity contribution is 5.62. The van der Waals surface area contributed by atoms with Crippen LogP contribution in [0.15, 0.2) is 18.2 Å². The van der Waals surface area contributed by atoms with E-state index in [9.17, 15) is 10.1 Å². The van der Waals surface area contributed by atoms with Crippen LogP contribution < -0.4 is 11.3 Å². The van der Waals surface area contributed by atoms with Gasteiger partial charge in [-0.3, -0.25) is 20.9 Å². The van der Waals surface area contributed by atoms with Crippen molar-refractivity contribution in [1.29, 1.82) is 0 Å². The molecular formula is C12H18N4O2. The second-order valence-corrected chi connectivity index (χ2v) is 4.75. The minimum absolute atomic E-state index is 0.00699. The molecule has 0 aromatic heterocycles. The second kappa shape index (κ2) is 5.32. The van der Waals surface area contributed by atoms with Crippen molar-refractivity contribution in [3.63, 3.8) is 0 Å². The van der Waals surface area contributed by atoms with E-state index in [-0.39, 0.29) is 5.69 Å². The molecule has 1 saturated carbocycles. The Labute approximate surface area is 106 Å². The van der Waals surface area contributed by atoms with Crippen LogP contribution in [0.1, 0.15) is 24.8 Å². The first-order valence-corrected chi connectivity index (χ1v) is 6.06. The molecule has 6 heteroatoms. The van der Waals surface area contributed by atoms with Crippen LogP contribution in [0.4, 0.5) is 11.4 Å². The Morgan fingerprint density at radius 3 is 2.78 bits per heavy atom. The summed E-state index contributed by atoms with van der Waals surface area (Å²) < 4.78 is 0. The molecule has 0 radical (unpaired) electrons. The fraction of sp³-hybridized carbons (Fsp3) is 0.500. The lowest BCUT2D eigenvalue weighted by atomic mass is 9.91. The summed E-state index contributed by atoms with van der Waals surface area (Å²) >= 11 is 0. The van der Waals surface area contributed by atoms with Gasteiger partial charge in [0.05, 0.1) is 4.92 Å². The molecule has 0 unspecified atom stereocenters. The number of hydrazine groups is 1. The predicted molar refractivity (Wildman–Crippen MR) is 70.0 cm³/mol. The number of benzene rings is 1. The highest BCUT2D eigenvalue weighted by Gasteiger charge is 2.22. The van der Waals surface area contributed by atoms with Gasteiger partial charge in [-0.1, -0.05) is 12.5 Å². The van der Waals surface area contributed by atoms with Gasteiger partial charge in [0.25, 0.3) is 5.69 Å². The number of nitro benzene ring substituents is 1. The lowest BCUT2D eigenvalue weighted by Gasteiger charge is -2.34.